The van der Waals surface area contributed by atoms with E-state index in [1.165, 1.54) is 0 Å². The summed E-state index contributed by atoms with van der Waals surface area (Å²) in [5.41, 5.74) is 5.16. The van der Waals surface area contributed by atoms with Gasteiger partial charge in [0.2, 0.25) is 0 Å². The summed E-state index contributed by atoms with van der Waals surface area (Å²) in [5.74, 6) is 0. The van der Waals surface area contributed by atoms with E-state index in [1.54, 1.807) is 12.3 Å². The van der Waals surface area contributed by atoms with Crippen molar-refractivity contribution in [1.82, 2.24) is 0 Å². The minimum absolute atomic E-state index is 1.02. The summed E-state index contributed by atoms with van der Waals surface area (Å²) >= 11 is 2.13. The highest BCUT2D eigenvalue weighted by Crippen LogP contribution is 2.03. The van der Waals surface area contributed by atoms with Crippen molar-refractivity contribution in [2.45, 2.75) is 0 Å². The van der Waals surface area contributed by atoms with Crippen LogP contribution >= 0.6 is 22.6 Å². The topological polar surface area (TPSA) is 26.0 Å². The summed E-state index contributed by atoms with van der Waals surface area (Å²) in [6.45, 7) is 3.51. The van der Waals surface area contributed by atoms with Gasteiger partial charge in [-0.05, 0) is 28.7 Å². The molecule has 2 N–H and O–H groups in total. The first-order valence-corrected chi connectivity index (χ1v) is 3.25. The Morgan fingerprint density at radius 1 is 1.62 bits per heavy atom. The number of rotatable bonds is 2. The quantitative estimate of drug-likeness (QED) is 0.559. The molecule has 0 aliphatic rings. The second-order valence-corrected chi connectivity index (χ2v) is 2.39. The van der Waals surface area contributed by atoms with Crippen molar-refractivity contribution in [1.29, 1.82) is 0 Å². The van der Waals surface area contributed by atoms with Gasteiger partial charge < -0.3 is 5.73 Å². The Bertz CT molecular complexity index is 124. The highest BCUT2D eigenvalue weighted by atomic mass is 127. The molecule has 1 nitrogen and oxygen atoms in total. The predicted octanol–water partition coefficient (Wildman–Crippen LogP) is 1.96. The van der Waals surface area contributed by atoms with Crippen molar-refractivity contribution in [2.75, 3.05) is 0 Å². The van der Waals surface area contributed by atoms with E-state index in [9.17, 15) is 0 Å². The maximum Gasteiger partial charge on any atom is 0.0285 e. The molecule has 0 spiro atoms. The van der Waals surface area contributed by atoms with Gasteiger partial charge in [-0.3, -0.25) is 0 Å². The molecule has 0 unspecified atom stereocenters. The van der Waals surface area contributed by atoms with Gasteiger partial charge in [0.25, 0.3) is 0 Å². The van der Waals surface area contributed by atoms with Gasteiger partial charge in [-0.15, -0.1) is 0 Å². The van der Waals surface area contributed by atoms with E-state index in [1.807, 2.05) is 12.2 Å². The van der Waals surface area contributed by atoms with E-state index in [2.05, 4.69) is 29.2 Å². The Balaban J connectivity index is 3.69. The first-order chi connectivity index (χ1) is 3.81. The molecule has 0 aliphatic carbocycles. The molecule has 0 saturated heterocycles. The van der Waals surface area contributed by atoms with Crippen LogP contribution in [0.1, 0.15) is 0 Å². The zero-order valence-corrected chi connectivity index (χ0v) is 6.63. The Morgan fingerprint density at radius 2 is 2.25 bits per heavy atom. The Kier molecular flexibility index (Phi) is 4.75. The van der Waals surface area contributed by atoms with Crippen LogP contribution in [-0.4, -0.2) is 0 Å². The Labute approximate surface area is 63.1 Å². The van der Waals surface area contributed by atoms with E-state index in [4.69, 9.17) is 5.73 Å². The summed E-state index contributed by atoms with van der Waals surface area (Å²) in [5, 5.41) is 0. The molecule has 8 heavy (non-hydrogen) atoms. The summed E-state index contributed by atoms with van der Waals surface area (Å²) in [6, 6.07) is 0. The third-order valence-electron chi connectivity index (χ3n) is 0.551. The van der Waals surface area contributed by atoms with Crippen LogP contribution in [-0.2, 0) is 0 Å². The average molecular weight is 221 g/mol. The van der Waals surface area contributed by atoms with Crippen molar-refractivity contribution in [2.24, 2.45) is 5.73 Å². The molecule has 0 aromatic rings. The highest BCUT2D eigenvalue weighted by Gasteiger charge is 1.74. The lowest BCUT2D eigenvalue weighted by atomic mass is 10.5. The lowest BCUT2D eigenvalue weighted by Crippen LogP contribution is -1.76. The molecule has 0 bridgehead atoms. The number of halogens is 1. The number of hydrogen-bond acceptors (Lipinski definition) is 1. The van der Waals surface area contributed by atoms with Crippen molar-refractivity contribution < 1.29 is 0 Å². The van der Waals surface area contributed by atoms with Crippen molar-refractivity contribution in [3.63, 3.8) is 0 Å². The number of hydrogen-bond donors (Lipinski definition) is 1. The van der Waals surface area contributed by atoms with Crippen molar-refractivity contribution in [3.8, 4) is 0 Å². The SMILES string of the molecule is C=C/C=C\C(I)=C/N. The van der Waals surface area contributed by atoms with Crippen LogP contribution < -0.4 is 5.73 Å². The van der Waals surface area contributed by atoms with Crippen LogP contribution in [0.4, 0.5) is 0 Å². The lowest BCUT2D eigenvalue weighted by molar-refractivity contribution is 1.59. The predicted molar refractivity (Wildman–Crippen MR) is 45.6 cm³/mol. The summed E-state index contributed by atoms with van der Waals surface area (Å²) in [4.78, 5) is 0. The first kappa shape index (κ1) is 7.75. The van der Waals surface area contributed by atoms with E-state index < -0.39 is 0 Å². The molecule has 0 atom stereocenters. The molecule has 0 rings (SSSR count). The van der Waals surface area contributed by atoms with Gasteiger partial charge in [-0.2, -0.15) is 0 Å². The van der Waals surface area contributed by atoms with Crippen molar-refractivity contribution >= 4 is 22.6 Å². The molecule has 0 aromatic heterocycles. The van der Waals surface area contributed by atoms with Gasteiger partial charge >= 0.3 is 0 Å². The molecule has 0 amide bonds. The fraction of sp³-hybridized carbons (Fsp3) is 0. The minimum atomic E-state index is 1.02. The third kappa shape index (κ3) is 3.92. The molecule has 0 heterocycles. The minimum Gasteiger partial charge on any atom is -0.404 e. The maximum absolute atomic E-state index is 5.16. The number of nitrogens with two attached hydrogens (primary N) is 1. The van der Waals surface area contributed by atoms with Gasteiger partial charge in [0.05, 0.1) is 0 Å². The van der Waals surface area contributed by atoms with Crippen LogP contribution in [0, 0.1) is 0 Å². The van der Waals surface area contributed by atoms with Gasteiger partial charge in [0.1, 0.15) is 0 Å². The molecular formula is C6H8IN. The second kappa shape index (κ2) is 4.90. The normalized spacial score (nSPS) is 12.4. The van der Waals surface area contributed by atoms with E-state index in [0.717, 1.165) is 3.58 Å². The number of allylic oxidation sites excluding steroid dienone is 4. The van der Waals surface area contributed by atoms with E-state index in [0.29, 0.717) is 0 Å². The molecule has 0 fully saturated rings. The molecule has 0 aromatic carbocycles. The zero-order chi connectivity index (χ0) is 6.41. The maximum atomic E-state index is 5.16. The molecule has 44 valence electrons. The zero-order valence-electron chi connectivity index (χ0n) is 4.47. The fourth-order valence-corrected chi connectivity index (χ4v) is 0.423. The summed E-state index contributed by atoms with van der Waals surface area (Å²) in [6.07, 6.45) is 6.97. The van der Waals surface area contributed by atoms with Crippen LogP contribution in [0.15, 0.2) is 34.6 Å². The average Bonchev–Trinajstić information content (AvgIpc) is 1.83. The van der Waals surface area contributed by atoms with E-state index >= 15 is 0 Å². The van der Waals surface area contributed by atoms with Gasteiger partial charge in [-0.1, -0.05) is 18.7 Å². The fourth-order valence-electron chi connectivity index (χ4n) is 0.216. The second-order valence-electron chi connectivity index (χ2n) is 1.15. The Hall–Kier alpha value is -0.250. The monoisotopic (exact) mass is 221 g/mol. The molecule has 0 radical (unpaired) electrons. The molecule has 0 aliphatic heterocycles. The molecule has 0 saturated carbocycles. The van der Waals surface area contributed by atoms with E-state index in [-0.39, 0.29) is 0 Å². The standard InChI is InChI=1S/C6H8IN/c1-2-3-4-6(7)5-8/h2-5H,1,8H2/b4-3-,6-5+. The largest absolute Gasteiger partial charge is 0.404 e. The highest BCUT2D eigenvalue weighted by molar-refractivity contribution is 14.1. The van der Waals surface area contributed by atoms with Gasteiger partial charge in [0.15, 0.2) is 0 Å². The summed E-state index contributed by atoms with van der Waals surface area (Å²) < 4.78 is 1.02. The van der Waals surface area contributed by atoms with Crippen LogP contribution in [0.25, 0.3) is 0 Å². The van der Waals surface area contributed by atoms with Gasteiger partial charge in [-0.25, -0.2) is 0 Å². The smallest absolute Gasteiger partial charge is 0.0285 e. The third-order valence-corrected chi connectivity index (χ3v) is 1.27. The summed E-state index contributed by atoms with van der Waals surface area (Å²) in [7, 11) is 0. The van der Waals surface area contributed by atoms with Gasteiger partial charge in [0, 0.05) is 9.78 Å². The molecular weight excluding hydrogens is 213 g/mol. The van der Waals surface area contributed by atoms with Crippen LogP contribution in [0.3, 0.4) is 0 Å². The van der Waals surface area contributed by atoms with Crippen LogP contribution in [0.2, 0.25) is 0 Å². The lowest BCUT2D eigenvalue weighted by Gasteiger charge is -1.79. The van der Waals surface area contributed by atoms with Crippen LogP contribution in [0.5, 0.6) is 0 Å². The Morgan fingerprint density at radius 3 is 2.62 bits per heavy atom. The van der Waals surface area contributed by atoms with Crippen molar-refractivity contribution in [3.05, 3.63) is 34.6 Å². The first-order valence-electron chi connectivity index (χ1n) is 2.17. The molecule has 2 heteroatoms.